The number of piperazine rings is 1. The highest BCUT2D eigenvalue weighted by molar-refractivity contribution is 5.94. The number of carbonyl (C=O) groups is 1. The average molecular weight is 575 g/mol. The standard InChI is InChI=1S/C28H24F6N6O/c29-27(30,31)19-5-6-22(28(32,33)34)24(16-19)36-25(41)17-39-11-13-40(14-12-39)26-21-4-2-1-3-20(21)23(37-38-26)15-18-7-9-35-10-8-18/h1-10,16H,11-15,17H2,(H,36,41). The molecule has 1 fully saturated rings. The van der Waals surface area contributed by atoms with E-state index < -0.39 is 35.1 Å². The van der Waals surface area contributed by atoms with Gasteiger partial charge in [-0.25, -0.2) is 0 Å². The number of nitrogens with zero attached hydrogens (tertiary/aromatic N) is 5. The summed E-state index contributed by atoms with van der Waals surface area (Å²) >= 11 is 0. The van der Waals surface area contributed by atoms with E-state index in [1.807, 2.05) is 46.6 Å². The van der Waals surface area contributed by atoms with Gasteiger partial charge in [0.2, 0.25) is 5.91 Å². The molecular formula is C28H24F6N6O. The van der Waals surface area contributed by atoms with Crippen molar-refractivity contribution in [2.24, 2.45) is 0 Å². The summed E-state index contributed by atoms with van der Waals surface area (Å²) in [7, 11) is 0. The lowest BCUT2D eigenvalue weighted by atomic mass is 10.0. The Bertz CT molecular complexity index is 1540. The fourth-order valence-electron chi connectivity index (χ4n) is 4.79. The Hall–Kier alpha value is -4.26. The van der Waals surface area contributed by atoms with Gasteiger partial charge in [-0.1, -0.05) is 24.3 Å². The first-order chi connectivity index (χ1) is 19.5. The van der Waals surface area contributed by atoms with E-state index in [9.17, 15) is 31.1 Å². The lowest BCUT2D eigenvalue weighted by Crippen LogP contribution is -2.49. The Labute approximate surface area is 230 Å². The molecule has 214 valence electrons. The van der Waals surface area contributed by atoms with Gasteiger partial charge in [-0.2, -0.15) is 31.4 Å². The fourth-order valence-corrected chi connectivity index (χ4v) is 4.79. The normalized spacial score (nSPS) is 14.8. The van der Waals surface area contributed by atoms with E-state index in [0.29, 0.717) is 56.6 Å². The van der Waals surface area contributed by atoms with Gasteiger partial charge in [0, 0.05) is 55.8 Å². The zero-order chi connectivity index (χ0) is 29.2. The molecule has 0 radical (unpaired) electrons. The monoisotopic (exact) mass is 574 g/mol. The molecule has 1 aliphatic heterocycles. The van der Waals surface area contributed by atoms with Crippen LogP contribution < -0.4 is 10.2 Å². The first kappa shape index (κ1) is 28.3. The molecule has 2 aromatic carbocycles. The molecule has 0 saturated carbocycles. The van der Waals surface area contributed by atoms with E-state index in [-0.39, 0.29) is 6.54 Å². The first-order valence-electron chi connectivity index (χ1n) is 12.7. The number of anilines is 2. The van der Waals surface area contributed by atoms with Gasteiger partial charge >= 0.3 is 12.4 Å². The number of carbonyl (C=O) groups excluding carboxylic acids is 1. The molecule has 0 bridgehead atoms. The van der Waals surface area contributed by atoms with E-state index in [2.05, 4.69) is 15.2 Å². The number of aromatic nitrogens is 3. The predicted molar refractivity (Wildman–Crippen MR) is 140 cm³/mol. The number of amides is 1. The van der Waals surface area contributed by atoms with E-state index in [1.54, 1.807) is 17.3 Å². The first-order valence-corrected chi connectivity index (χ1v) is 12.7. The van der Waals surface area contributed by atoms with Gasteiger partial charge in [-0.3, -0.25) is 14.7 Å². The second-order valence-corrected chi connectivity index (χ2v) is 9.62. The Balaban J connectivity index is 1.26. The smallest absolute Gasteiger partial charge is 0.352 e. The maximum atomic E-state index is 13.4. The molecule has 7 nitrogen and oxygen atoms in total. The Kier molecular flexibility index (Phi) is 7.80. The predicted octanol–water partition coefficient (Wildman–Crippen LogP) is 5.41. The summed E-state index contributed by atoms with van der Waals surface area (Å²) in [4.78, 5) is 20.4. The molecule has 0 unspecified atom stereocenters. The molecule has 1 N–H and O–H groups in total. The van der Waals surface area contributed by atoms with Crippen molar-refractivity contribution >= 4 is 28.2 Å². The topological polar surface area (TPSA) is 74.2 Å². The van der Waals surface area contributed by atoms with E-state index >= 15 is 0 Å². The lowest BCUT2D eigenvalue weighted by molar-refractivity contribution is -0.141. The third-order valence-corrected chi connectivity index (χ3v) is 6.83. The van der Waals surface area contributed by atoms with Crippen molar-refractivity contribution < 1.29 is 31.1 Å². The molecule has 1 saturated heterocycles. The van der Waals surface area contributed by atoms with Gasteiger partial charge in [0.15, 0.2) is 5.82 Å². The van der Waals surface area contributed by atoms with Crippen molar-refractivity contribution in [1.29, 1.82) is 0 Å². The minimum absolute atomic E-state index is 0.279. The molecule has 13 heteroatoms. The number of fused-ring (bicyclic) bond motifs is 1. The summed E-state index contributed by atoms with van der Waals surface area (Å²) in [6.45, 7) is 1.42. The number of alkyl halides is 6. The largest absolute Gasteiger partial charge is 0.418 e. The van der Waals surface area contributed by atoms with Crippen LogP contribution in [0.4, 0.5) is 37.8 Å². The SMILES string of the molecule is O=C(CN1CCN(c2nnc(Cc3ccncc3)c3ccccc23)CC1)Nc1cc(C(F)(F)F)ccc1C(F)(F)F. The Morgan fingerprint density at radius 3 is 2.17 bits per heavy atom. The summed E-state index contributed by atoms with van der Waals surface area (Å²) in [5.41, 5.74) is -1.69. The van der Waals surface area contributed by atoms with Crippen LogP contribution in [0.2, 0.25) is 0 Å². The van der Waals surface area contributed by atoms with Crippen molar-refractivity contribution in [2.45, 2.75) is 18.8 Å². The van der Waals surface area contributed by atoms with Crippen LogP contribution in [0.1, 0.15) is 22.4 Å². The van der Waals surface area contributed by atoms with Crippen LogP contribution >= 0.6 is 0 Å². The molecule has 1 aliphatic rings. The Morgan fingerprint density at radius 1 is 0.829 bits per heavy atom. The summed E-state index contributed by atoms with van der Waals surface area (Å²) in [5.74, 6) is -0.157. The molecule has 0 spiro atoms. The quantitative estimate of drug-likeness (QED) is 0.311. The van der Waals surface area contributed by atoms with Gasteiger partial charge in [0.25, 0.3) is 0 Å². The van der Waals surface area contributed by atoms with Crippen molar-refractivity contribution in [2.75, 3.05) is 42.9 Å². The van der Waals surface area contributed by atoms with Crippen LogP contribution in [0.25, 0.3) is 10.8 Å². The molecule has 5 rings (SSSR count). The zero-order valence-electron chi connectivity index (χ0n) is 21.5. The van der Waals surface area contributed by atoms with Gasteiger partial charge in [0.1, 0.15) is 0 Å². The van der Waals surface area contributed by atoms with Crippen molar-refractivity contribution in [3.63, 3.8) is 0 Å². The zero-order valence-corrected chi connectivity index (χ0v) is 21.5. The third kappa shape index (κ3) is 6.56. The summed E-state index contributed by atoms with van der Waals surface area (Å²) in [5, 5.41) is 12.9. The molecule has 41 heavy (non-hydrogen) atoms. The van der Waals surface area contributed by atoms with Crippen LogP contribution in [-0.2, 0) is 23.6 Å². The molecule has 4 aromatic rings. The van der Waals surface area contributed by atoms with E-state index in [1.165, 1.54) is 0 Å². The van der Waals surface area contributed by atoms with Crippen LogP contribution in [0, 0.1) is 0 Å². The van der Waals surface area contributed by atoms with Gasteiger partial charge in [0.05, 0.1) is 29.1 Å². The van der Waals surface area contributed by atoms with Crippen LogP contribution in [0.15, 0.2) is 67.0 Å². The molecule has 0 aliphatic carbocycles. The summed E-state index contributed by atoms with van der Waals surface area (Å²) in [6.07, 6.45) is -5.77. The number of halogens is 6. The highest BCUT2D eigenvalue weighted by atomic mass is 19.4. The van der Waals surface area contributed by atoms with Crippen LogP contribution in [0.3, 0.4) is 0 Å². The Morgan fingerprint density at radius 2 is 1.51 bits per heavy atom. The number of hydrogen-bond donors (Lipinski definition) is 1. The van der Waals surface area contributed by atoms with Crippen molar-refractivity contribution in [3.8, 4) is 0 Å². The minimum Gasteiger partial charge on any atom is -0.352 e. The van der Waals surface area contributed by atoms with Gasteiger partial charge in [-0.05, 0) is 35.9 Å². The molecule has 0 atom stereocenters. The fraction of sp³-hybridized carbons (Fsp3) is 0.286. The molecule has 1 amide bonds. The lowest BCUT2D eigenvalue weighted by Gasteiger charge is -2.35. The summed E-state index contributed by atoms with van der Waals surface area (Å²) < 4.78 is 79.4. The molecule has 3 heterocycles. The highest BCUT2D eigenvalue weighted by Crippen LogP contribution is 2.39. The van der Waals surface area contributed by atoms with Crippen molar-refractivity contribution in [3.05, 3.63) is 89.4 Å². The second-order valence-electron chi connectivity index (χ2n) is 9.62. The minimum atomic E-state index is -4.93. The third-order valence-electron chi connectivity index (χ3n) is 6.83. The number of benzene rings is 2. The van der Waals surface area contributed by atoms with Crippen LogP contribution in [-0.4, -0.2) is 58.7 Å². The van der Waals surface area contributed by atoms with E-state index in [4.69, 9.17) is 0 Å². The number of rotatable bonds is 6. The second kappa shape index (κ2) is 11.3. The van der Waals surface area contributed by atoms with Crippen molar-refractivity contribution in [1.82, 2.24) is 20.1 Å². The average Bonchev–Trinajstić information content (AvgIpc) is 2.93. The van der Waals surface area contributed by atoms with Crippen LogP contribution in [0.5, 0.6) is 0 Å². The molecular weight excluding hydrogens is 550 g/mol. The number of nitrogens with one attached hydrogen (secondary N) is 1. The van der Waals surface area contributed by atoms with Gasteiger partial charge < -0.3 is 10.2 Å². The molecule has 2 aromatic heterocycles. The number of hydrogen-bond acceptors (Lipinski definition) is 6. The van der Waals surface area contributed by atoms with Gasteiger partial charge in [-0.15, -0.1) is 5.10 Å². The number of pyridine rings is 1. The highest BCUT2D eigenvalue weighted by Gasteiger charge is 2.37. The summed E-state index contributed by atoms with van der Waals surface area (Å²) in [6, 6.07) is 12.6. The maximum absolute atomic E-state index is 13.4. The maximum Gasteiger partial charge on any atom is 0.418 e. The van der Waals surface area contributed by atoms with E-state index in [0.717, 1.165) is 22.0 Å².